The second-order valence-corrected chi connectivity index (χ2v) is 39.1. The second kappa shape index (κ2) is 37.6. The molecule has 0 saturated carbocycles. The number of imide groups is 4. The Kier molecular flexibility index (Phi) is 27.8. The van der Waals surface area contributed by atoms with Gasteiger partial charge in [0.25, 0.3) is 47.3 Å². The molecule has 6 aromatic rings. The third-order valence-electron chi connectivity index (χ3n) is 28.9. The number of carbonyl (C=O) groups is 9. The molecule has 0 N–H and O–H groups in total. The van der Waals surface area contributed by atoms with Crippen molar-refractivity contribution < 1.29 is 52.8 Å². The van der Waals surface area contributed by atoms with Crippen LogP contribution in [0.2, 0.25) is 0 Å². The van der Waals surface area contributed by atoms with Crippen LogP contribution in [-0.4, -0.2) is 122 Å². The average molecular weight is 1650 g/mol. The van der Waals surface area contributed by atoms with Gasteiger partial charge in [-0.3, -0.25) is 62.8 Å². The quantitative estimate of drug-likeness (QED) is 0.0201. The molecule has 650 valence electrons. The van der Waals surface area contributed by atoms with Gasteiger partial charge in [-0.25, -0.2) is 0 Å². The van der Waals surface area contributed by atoms with Crippen molar-refractivity contribution in [2.45, 2.75) is 290 Å². The van der Waals surface area contributed by atoms with E-state index in [-0.39, 0.29) is 106 Å². The van der Waals surface area contributed by atoms with E-state index >= 15 is 38.7 Å². The van der Waals surface area contributed by atoms with Crippen LogP contribution in [-0.2, 0) is 15.6 Å². The van der Waals surface area contributed by atoms with Crippen molar-refractivity contribution in [2.24, 2.45) is 47.3 Å². The first-order chi connectivity index (χ1) is 58.3. The topological polar surface area (TPSA) is 196 Å². The van der Waals surface area contributed by atoms with Gasteiger partial charge in [-0.05, 0) is 188 Å². The number of hydrogen-bond donors (Lipinski definition) is 0. The second-order valence-electron chi connectivity index (χ2n) is 39.1. The van der Waals surface area contributed by atoms with E-state index in [9.17, 15) is 9.59 Å². The van der Waals surface area contributed by atoms with Crippen molar-refractivity contribution in [3.8, 4) is 22.3 Å². The number of benzene rings is 6. The summed E-state index contributed by atoms with van der Waals surface area (Å²) in [6.45, 7) is 41.1. The summed E-state index contributed by atoms with van der Waals surface area (Å²) in [6, 6.07) is 22.7. The summed E-state index contributed by atoms with van der Waals surface area (Å²) in [7, 11) is 0. The highest BCUT2D eigenvalue weighted by Crippen LogP contribution is 2.54. The molecule has 6 aliphatic heterocycles. The standard InChI is InChI=1S/C106H136N6O10/c1-19-27-37-67(23-5)59-109-97(115)73-43-45-75-91-89(73)79(101(109)119)55-77(93(91)103(121)111(99(75)117)61-69(25-7)39-29-21-3)71-41-47-85-83(53-71)105(15,16)87(107(85)51-49-65(13)35-31-33-63(9)10)57-81-95(113)82(96(81)114)58-88-106(17,18)84-54-72(42-48-86(84)108(88)52-50-66(14)36-32-34-64(11)12)78-56-80-90-74(98(116)110(102(80)120)60-68(24-6)38-28-20-2)44-46-76-92(90)94(78)104(122)112(100(76)118)62-70(26-8)40-30-22-4/h41-48,53-58,63-70H,19-40,49-52,59-62H2,1-18H3. The van der Waals surface area contributed by atoms with E-state index in [2.05, 4.69) is 158 Å². The molecule has 0 aromatic heterocycles. The number of unbranched alkanes of at least 4 members (excludes halogenated alkanes) is 4. The van der Waals surface area contributed by atoms with Gasteiger partial charge in [-0.1, -0.05) is 238 Å². The van der Waals surface area contributed by atoms with E-state index in [1.807, 2.05) is 24.3 Å². The molecule has 16 heteroatoms. The van der Waals surface area contributed by atoms with Gasteiger partial charge in [0.1, 0.15) is 6.54 Å². The Morgan fingerprint density at radius 3 is 1.16 bits per heavy atom. The van der Waals surface area contributed by atoms with Gasteiger partial charge in [-0.15, -0.1) is 0 Å². The Hall–Kier alpha value is -9.44. The zero-order valence-corrected chi connectivity index (χ0v) is 76.7. The lowest BCUT2D eigenvalue weighted by Gasteiger charge is -2.35. The summed E-state index contributed by atoms with van der Waals surface area (Å²) in [4.78, 5) is 146. The molecule has 7 aliphatic rings. The Bertz CT molecular complexity index is 5290. The first-order valence-corrected chi connectivity index (χ1v) is 47.2. The molecule has 0 spiro atoms. The molecule has 0 saturated heterocycles. The molecule has 0 radical (unpaired) electrons. The number of carbonyl (C=O) groups excluding carboxylic acids is 9. The number of hydrogen-bond acceptors (Lipinski definition) is 11. The molecule has 0 fully saturated rings. The van der Waals surface area contributed by atoms with Crippen LogP contribution in [0.5, 0.6) is 0 Å². The van der Waals surface area contributed by atoms with E-state index in [1.165, 1.54) is 19.6 Å². The minimum absolute atomic E-state index is 0.0573. The van der Waals surface area contributed by atoms with Gasteiger partial charge < -0.3 is 10.0 Å². The van der Waals surface area contributed by atoms with Crippen molar-refractivity contribution in [3.05, 3.63) is 163 Å². The summed E-state index contributed by atoms with van der Waals surface area (Å²) in [5.41, 5.74) is 8.16. The fourth-order valence-corrected chi connectivity index (χ4v) is 20.8. The Morgan fingerprint density at radius 2 is 0.762 bits per heavy atom. The third kappa shape index (κ3) is 16.9. The number of rotatable bonds is 42. The summed E-state index contributed by atoms with van der Waals surface area (Å²) in [6.07, 6.45) is 26.0. The molecule has 6 atom stereocenters. The predicted molar refractivity (Wildman–Crippen MR) is 490 cm³/mol. The molecule has 122 heavy (non-hydrogen) atoms. The Labute approximate surface area is 726 Å². The van der Waals surface area contributed by atoms with Gasteiger partial charge in [0, 0.05) is 140 Å². The lowest BCUT2D eigenvalue weighted by molar-refractivity contribution is -0.439. The molecule has 0 bridgehead atoms. The van der Waals surface area contributed by atoms with Crippen molar-refractivity contribution in [1.29, 1.82) is 0 Å². The van der Waals surface area contributed by atoms with Crippen LogP contribution >= 0.6 is 0 Å². The van der Waals surface area contributed by atoms with Crippen LogP contribution in [0.3, 0.4) is 0 Å². The Morgan fingerprint density at radius 1 is 0.377 bits per heavy atom. The van der Waals surface area contributed by atoms with Crippen molar-refractivity contribution in [2.75, 3.05) is 44.2 Å². The highest BCUT2D eigenvalue weighted by Gasteiger charge is 2.50. The molecular weight excluding hydrogens is 1520 g/mol. The molecule has 16 nitrogen and oxygen atoms in total. The smallest absolute Gasteiger partial charge is 0.262 e. The third-order valence-corrected chi connectivity index (χ3v) is 28.9. The first-order valence-electron chi connectivity index (χ1n) is 47.2. The molecule has 1 aliphatic carbocycles. The zero-order chi connectivity index (χ0) is 87.8. The highest BCUT2D eigenvalue weighted by molar-refractivity contribution is 6.37. The van der Waals surface area contributed by atoms with E-state index in [0.717, 1.165) is 188 Å². The fraction of sp³-hybridized carbons (Fsp3) is 0.547. The summed E-state index contributed by atoms with van der Waals surface area (Å²) >= 11 is 0. The molecule has 6 aromatic carbocycles. The molecule has 6 heterocycles. The number of amides is 8. The molecule has 6 unspecified atom stereocenters. The monoisotopic (exact) mass is 1650 g/mol. The normalized spacial score (nSPS) is 18.7. The summed E-state index contributed by atoms with van der Waals surface area (Å²) in [5, 5.41) is 17.0. The number of allylic oxidation sites excluding steroid dienone is 5. The number of fused-ring (bicyclic) bond motifs is 2. The van der Waals surface area contributed by atoms with Crippen molar-refractivity contribution >= 4 is 91.7 Å². The van der Waals surface area contributed by atoms with Crippen molar-refractivity contribution in [1.82, 2.24) is 19.6 Å². The molecule has 13 rings (SSSR count). The molecular formula is C106H136N6O10. The van der Waals surface area contributed by atoms with Crippen LogP contribution in [0, 0.1) is 47.3 Å². The maximum atomic E-state index is 15.8. The van der Waals surface area contributed by atoms with Gasteiger partial charge >= 0.3 is 0 Å². The maximum absolute atomic E-state index is 15.8. The lowest BCUT2D eigenvalue weighted by Crippen LogP contribution is -2.45. The number of ketones is 1. The van der Waals surface area contributed by atoms with Gasteiger partial charge in [0.2, 0.25) is 5.69 Å². The van der Waals surface area contributed by atoms with Gasteiger partial charge in [0.05, 0.1) is 16.5 Å². The predicted octanol–water partition coefficient (Wildman–Crippen LogP) is 23.5. The van der Waals surface area contributed by atoms with Crippen molar-refractivity contribution in [3.63, 3.8) is 0 Å². The van der Waals surface area contributed by atoms with Crippen LogP contribution in [0.15, 0.2) is 108 Å². The van der Waals surface area contributed by atoms with Crippen LogP contribution in [0.4, 0.5) is 11.4 Å². The van der Waals surface area contributed by atoms with Gasteiger partial charge in [-0.2, -0.15) is 4.58 Å². The van der Waals surface area contributed by atoms with Crippen LogP contribution in [0.25, 0.3) is 43.8 Å². The van der Waals surface area contributed by atoms with Crippen LogP contribution in [0.1, 0.15) is 373 Å². The largest absolute Gasteiger partial charge is 0.871 e. The number of anilines is 1. The van der Waals surface area contributed by atoms with E-state index in [4.69, 9.17) is 0 Å². The summed E-state index contributed by atoms with van der Waals surface area (Å²) in [5.74, 6) is -2.16. The Balaban J connectivity index is 0.929. The first kappa shape index (κ1) is 90.3. The van der Waals surface area contributed by atoms with Gasteiger partial charge in [0.15, 0.2) is 11.5 Å². The molecule has 8 amide bonds. The number of nitrogens with zero attached hydrogens (tertiary/aromatic N) is 6. The van der Waals surface area contributed by atoms with E-state index < -0.39 is 58.1 Å². The zero-order valence-electron chi connectivity index (χ0n) is 76.7. The van der Waals surface area contributed by atoms with E-state index in [0.29, 0.717) is 91.7 Å². The maximum Gasteiger partial charge on any atom is 0.262 e. The van der Waals surface area contributed by atoms with Crippen LogP contribution < -0.4 is 10.0 Å². The SMILES string of the molecule is CCCCC(CC)CN1C(=O)c2ccc3c4c(c(-c5ccc6c(c5)C(C)(C)C(/C=C5/C(=O)C(/C=C7/N(CCC(C)CCCC(C)C)c8ccc(-c9cc%10c%11c(ccc%12c%11c9C(=O)N(CC(CC)CCCC)C%12=O)C(=O)N(CC(CC)CCCC)C%10=O)cc8C7(C)C)=C5[O-])=[N+]6CCC(C)CCCC(C)C)cc(c24)C1=O)C(=O)N(CC(CC)CCCC)C3=O. The fourth-order valence-electron chi connectivity index (χ4n) is 20.8. The average Bonchev–Trinajstić information content (AvgIpc) is 0.815. The minimum atomic E-state index is -0.858. The lowest BCUT2D eigenvalue weighted by atomic mass is 9.76. The minimum Gasteiger partial charge on any atom is -0.871 e. The van der Waals surface area contributed by atoms with E-state index in [1.54, 1.807) is 36.4 Å². The number of Topliss-reactive ketones (excluding diaryl/α,β-unsaturated/α-hetero) is 1. The summed E-state index contributed by atoms with van der Waals surface area (Å²) < 4.78 is 2.28. The highest BCUT2D eigenvalue weighted by atomic mass is 16.3.